The summed E-state index contributed by atoms with van der Waals surface area (Å²) in [7, 11) is 1.00. The van der Waals surface area contributed by atoms with E-state index in [0.29, 0.717) is 30.4 Å². The Bertz CT molecular complexity index is 495. The van der Waals surface area contributed by atoms with E-state index in [1.165, 1.54) is 6.07 Å². The molecule has 22 heavy (non-hydrogen) atoms. The second kappa shape index (κ2) is 8.51. The number of aliphatic hydroxyl groups is 2. The minimum atomic E-state index is -1.87. The van der Waals surface area contributed by atoms with Crippen LogP contribution in [0.5, 0.6) is 5.75 Å². The zero-order valence-corrected chi connectivity index (χ0v) is 12.6. The fourth-order valence-corrected chi connectivity index (χ4v) is 2.63. The van der Waals surface area contributed by atoms with Gasteiger partial charge >= 0.3 is 5.97 Å². The molecular formula is C16H22O6. The van der Waals surface area contributed by atoms with Crippen molar-refractivity contribution in [2.75, 3.05) is 13.7 Å². The Morgan fingerprint density at radius 3 is 2.55 bits per heavy atom. The molecule has 0 spiro atoms. The molecule has 1 unspecified atom stereocenters. The molecule has 6 nitrogen and oxygen atoms in total. The van der Waals surface area contributed by atoms with Crippen molar-refractivity contribution in [2.45, 2.75) is 31.3 Å². The van der Waals surface area contributed by atoms with Gasteiger partial charge in [0, 0.05) is 18.6 Å². The molecular weight excluding hydrogens is 288 g/mol. The van der Waals surface area contributed by atoms with Gasteiger partial charge in [0.2, 0.25) is 0 Å². The van der Waals surface area contributed by atoms with Crippen LogP contribution in [-0.2, 0) is 4.79 Å². The highest BCUT2D eigenvalue weighted by atomic mass is 16.5. The number of hydrogen-bond acceptors (Lipinski definition) is 5. The molecule has 1 aromatic carbocycles. The van der Waals surface area contributed by atoms with E-state index in [4.69, 9.17) is 9.84 Å². The number of aliphatic carboxylic acids is 1. The number of rotatable bonds is 6. The third-order valence-corrected chi connectivity index (χ3v) is 3.85. The Morgan fingerprint density at radius 2 is 2.00 bits per heavy atom. The average molecular weight is 310 g/mol. The molecule has 1 saturated carbocycles. The van der Waals surface area contributed by atoms with Gasteiger partial charge < -0.3 is 20.1 Å². The Balaban J connectivity index is 0.00000116. The zero-order valence-electron chi connectivity index (χ0n) is 12.6. The van der Waals surface area contributed by atoms with Gasteiger partial charge in [-0.05, 0) is 25.0 Å². The summed E-state index contributed by atoms with van der Waals surface area (Å²) in [5, 5.41) is 26.7. The first-order chi connectivity index (χ1) is 10.6. The highest BCUT2D eigenvalue weighted by molar-refractivity contribution is 5.78. The lowest BCUT2D eigenvalue weighted by molar-refractivity contribution is -0.169. The molecule has 122 valence electrons. The van der Waals surface area contributed by atoms with E-state index in [0.717, 1.165) is 20.0 Å². The molecule has 0 bridgehead atoms. The van der Waals surface area contributed by atoms with E-state index in [-0.39, 0.29) is 12.5 Å². The highest BCUT2D eigenvalue weighted by Crippen LogP contribution is 2.35. The summed E-state index contributed by atoms with van der Waals surface area (Å²) in [6, 6.07) is 6.42. The number of aldehydes is 1. The quantitative estimate of drug-likeness (QED) is 0.688. The third kappa shape index (κ3) is 4.29. The first kappa shape index (κ1) is 18.1. The minimum Gasteiger partial charge on any atom is -0.490 e. The van der Waals surface area contributed by atoms with Gasteiger partial charge in [0.25, 0.3) is 0 Å². The maximum atomic E-state index is 11.4. The molecule has 1 aliphatic carbocycles. The Labute approximate surface area is 129 Å². The number of carboxylic acids is 1. The molecule has 1 atom stereocenters. The molecule has 0 saturated heterocycles. The second-order valence-electron chi connectivity index (χ2n) is 5.19. The molecule has 2 rings (SSSR count). The smallest absolute Gasteiger partial charge is 0.339 e. The van der Waals surface area contributed by atoms with Gasteiger partial charge in [0.1, 0.15) is 18.6 Å². The van der Waals surface area contributed by atoms with Crippen molar-refractivity contribution >= 4 is 12.3 Å². The van der Waals surface area contributed by atoms with Gasteiger partial charge in [0.15, 0.2) is 5.60 Å². The summed E-state index contributed by atoms with van der Waals surface area (Å²) in [5.74, 6) is -1.16. The number of benzene rings is 1. The molecule has 6 heteroatoms. The zero-order chi connectivity index (χ0) is 16.6. The molecule has 0 aliphatic heterocycles. The molecule has 3 N–H and O–H groups in total. The lowest BCUT2D eigenvalue weighted by Crippen LogP contribution is -2.50. The summed E-state index contributed by atoms with van der Waals surface area (Å²) >= 11 is 0. The van der Waals surface area contributed by atoms with E-state index in [1.807, 2.05) is 0 Å². The highest BCUT2D eigenvalue weighted by Gasteiger charge is 2.46. The number of carboxylic acid groups (broad SMARTS) is 1. The van der Waals surface area contributed by atoms with Crippen LogP contribution in [0.2, 0.25) is 0 Å². The average Bonchev–Trinajstić information content (AvgIpc) is 3.09. The predicted octanol–water partition coefficient (Wildman–Crippen LogP) is 1.49. The standard InChI is InChI=1S/C15H18O5.CH4O/c16-9-11-4-3-7-13(8-11)20-10-15(19,14(17)18)12-5-1-2-6-12;1-2/h3-4,7-9,12,19H,1-2,5-6,10H2,(H,17,18);2H,1H3. The van der Waals surface area contributed by atoms with Crippen LogP contribution >= 0.6 is 0 Å². The van der Waals surface area contributed by atoms with Crippen molar-refractivity contribution in [2.24, 2.45) is 5.92 Å². The summed E-state index contributed by atoms with van der Waals surface area (Å²) in [4.78, 5) is 22.0. The molecule has 1 aliphatic rings. The molecule has 0 amide bonds. The van der Waals surface area contributed by atoms with Crippen LogP contribution in [0.3, 0.4) is 0 Å². The Kier molecular flexibility index (Phi) is 7.01. The van der Waals surface area contributed by atoms with Crippen LogP contribution in [0.15, 0.2) is 24.3 Å². The summed E-state index contributed by atoms with van der Waals surface area (Å²) in [6.07, 6.45) is 3.94. The van der Waals surface area contributed by atoms with Crippen molar-refractivity contribution in [1.29, 1.82) is 0 Å². The van der Waals surface area contributed by atoms with Crippen molar-refractivity contribution < 1.29 is 29.6 Å². The minimum absolute atomic E-state index is 0.283. The van der Waals surface area contributed by atoms with Crippen molar-refractivity contribution in [3.05, 3.63) is 29.8 Å². The van der Waals surface area contributed by atoms with E-state index < -0.39 is 11.6 Å². The number of hydrogen-bond donors (Lipinski definition) is 3. The maximum absolute atomic E-state index is 11.4. The predicted molar refractivity (Wildman–Crippen MR) is 80.0 cm³/mol. The van der Waals surface area contributed by atoms with Gasteiger partial charge in [-0.1, -0.05) is 25.0 Å². The van der Waals surface area contributed by atoms with Crippen molar-refractivity contribution in [3.8, 4) is 5.75 Å². The van der Waals surface area contributed by atoms with Gasteiger partial charge in [-0.15, -0.1) is 0 Å². The van der Waals surface area contributed by atoms with Crippen LogP contribution in [0.1, 0.15) is 36.0 Å². The van der Waals surface area contributed by atoms with Crippen molar-refractivity contribution in [3.63, 3.8) is 0 Å². The summed E-state index contributed by atoms with van der Waals surface area (Å²) in [6.45, 7) is -0.310. The second-order valence-corrected chi connectivity index (χ2v) is 5.19. The number of carbonyl (C=O) groups excluding carboxylic acids is 1. The molecule has 0 aromatic heterocycles. The lowest BCUT2D eigenvalue weighted by Gasteiger charge is -2.29. The van der Waals surface area contributed by atoms with Crippen LogP contribution < -0.4 is 4.74 Å². The fourth-order valence-electron chi connectivity index (χ4n) is 2.63. The first-order valence-electron chi connectivity index (χ1n) is 7.15. The number of aliphatic hydroxyl groups excluding tert-OH is 1. The normalized spacial score (nSPS) is 17.0. The van der Waals surface area contributed by atoms with Crippen LogP contribution in [0.25, 0.3) is 0 Å². The van der Waals surface area contributed by atoms with E-state index >= 15 is 0 Å². The Morgan fingerprint density at radius 1 is 1.36 bits per heavy atom. The summed E-state index contributed by atoms with van der Waals surface area (Å²) < 4.78 is 5.40. The van der Waals surface area contributed by atoms with Crippen molar-refractivity contribution in [1.82, 2.24) is 0 Å². The monoisotopic (exact) mass is 310 g/mol. The SMILES string of the molecule is CO.O=Cc1cccc(OCC(O)(C(=O)O)C2CCCC2)c1. The molecule has 0 heterocycles. The molecule has 1 fully saturated rings. The number of carbonyl (C=O) groups is 2. The largest absolute Gasteiger partial charge is 0.490 e. The fraction of sp³-hybridized carbons (Fsp3) is 0.500. The van der Waals surface area contributed by atoms with Gasteiger partial charge in [0.05, 0.1) is 0 Å². The van der Waals surface area contributed by atoms with E-state index in [9.17, 15) is 19.8 Å². The van der Waals surface area contributed by atoms with E-state index in [1.54, 1.807) is 18.2 Å². The molecule has 1 aromatic rings. The van der Waals surface area contributed by atoms with Gasteiger partial charge in [-0.3, -0.25) is 4.79 Å². The third-order valence-electron chi connectivity index (χ3n) is 3.85. The van der Waals surface area contributed by atoms with Gasteiger partial charge in [-0.25, -0.2) is 4.79 Å². The first-order valence-corrected chi connectivity index (χ1v) is 7.15. The lowest BCUT2D eigenvalue weighted by atomic mass is 9.87. The molecule has 0 radical (unpaired) electrons. The summed E-state index contributed by atoms with van der Waals surface area (Å²) in [5.41, 5.74) is -1.42. The van der Waals surface area contributed by atoms with E-state index in [2.05, 4.69) is 0 Å². The van der Waals surface area contributed by atoms with Crippen LogP contribution in [-0.4, -0.2) is 46.9 Å². The number of ether oxygens (including phenoxy) is 1. The van der Waals surface area contributed by atoms with Crippen LogP contribution in [0, 0.1) is 5.92 Å². The Hall–Kier alpha value is -1.92. The topological polar surface area (TPSA) is 104 Å². The van der Waals surface area contributed by atoms with Gasteiger partial charge in [-0.2, -0.15) is 0 Å². The maximum Gasteiger partial charge on any atom is 0.339 e. The van der Waals surface area contributed by atoms with Crippen LogP contribution in [0.4, 0.5) is 0 Å².